The predicted molar refractivity (Wildman–Crippen MR) is 66.1 cm³/mol. The number of nitrogens with zero attached hydrogens (tertiary/aromatic N) is 2. The number of hydrogen-bond donors (Lipinski definition) is 1. The van der Waals surface area contributed by atoms with Crippen molar-refractivity contribution in [2.75, 3.05) is 19.0 Å². The molecule has 0 saturated carbocycles. The summed E-state index contributed by atoms with van der Waals surface area (Å²) in [6, 6.07) is 0. The zero-order valence-electron chi connectivity index (χ0n) is 10.4. The first-order chi connectivity index (χ1) is 7.37. The third-order valence-electron chi connectivity index (χ3n) is 2.43. The summed E-state index contributed by atoms with van der Waals surface area (Å²) < 4.78 is 5.14. The molecule has 16 heavy (non-hydrogen) atoms. The van der Waals surface area contributed by atoms with E-state index in [9.17, 15) is 0 Å². The molecule has 0 unspecified atom stereocenters. The van der Waals surface area contributed by atoms with Gasteiger partial charge < -0.3 is 10.1 Å². The van der Waals surface area contributed by atoms with Gasteiger partial charge in [-0.2, -0.15) is 0 Å². The first kappa shape index (κ1) is 13.2. The highest BCUT2D eigenvalue weighted by molar-refractivity contribution is 6.30. The number of halogens is 1. The van der Waals surface area contributed by atoms with Gasteiger partial charge in [0.1, 0.15) is 0 Å². The molecule has 5 heteroatoms. The molecule has 0 atom stereocenters. The molecule has 0 amide bonds. The minimum absolute atomic E-state index is 0.186. The van der Waals surface area contributed by atoms with Gasteiger partial charge in [0.15, 0.2) is 11.0 Å². The Bertz CT molecular complexity index is 380. The van der Waals surface area contributed by atoms with Gasteiger partial charge in [0.25, 0.3) is 0 Å². The third kappa shape index (κ3) is 3.06. The molecule has 0 bridgehead atoms. The molecule has 1 aromatic heterocycles. The zero-order chi connectivity index (χ0) is 12.3. The van der Waals surface area contributed by atoms with Gasteiger partial charge >= 0.3 is 0 Å². The molecular formula is C11H18ClN3O. The summed E-state index contributed by atoms with van der Waals surface area (Å²) in [4.78, 5) is 0. The summed E-state index contributed by atoms with van der Waals surface area (Å²) in [6.45, 7) is 8.58. The van der Waals surface area contributed by atoms with Crippen molar-refractivity contribution in [3.8, 4) is 0 Å². The van der Waals surface area contributed by atoms with Crippen molar-refractivity contribution in [2.45, 2.75) is 33.2 Å². The number of hydrogen-bond acceptors (Lipinski definition) is 4. The normalized spacial score (nSPS) is 11.6. The number of rotatable bonds is 4. The molecule has 0 aliphatic heterocycles. The number of aromatic nitrogens is 2. The molecule has 0 spiro atoms. The van der Waals surface area contributed by atoms with Crippen LogP contribution in [0.2, 0.25) is 5.15 Å². The van der Waals surface area contributed by atoms with Gasteiger partial charge in [0.05, 0.1) is 12.1 Å². The first-order valence-electron chi connectivity index (χ1n) is 5.14. The maximum atomic E-state index is 5.89. The van der Waals surface area contributed by atoms with Crippen molar-refractivity contribution in [1.82, 2.24) is 10.2 Å². The van der Waals surface area contributed by atoms with E-state index in [1.807, 2.05) is 27.7 Å². The smallest absolute Gasteiger partial charge is 0.155 e. The van der Waals surface area contributed by atoms with Crippen LogP contribution >= 0.6 is 11.6 Å². The molecule has 90 valence electrons. The largest absolute Gasteiger partial charge is 0.382 e. The minimum atomic E-state index is -0.186. The Kier molecular flexibility index (Phi) is 4.10. The second-order valence-corrected chi connectivity index (χ2v) is 4.89. The van der Waals surface area contributed by atoms with Crippen LogP contribution in [-0.2, 0) is 4.74 Å². The highest BCUT2D eigenvalue weighted by Crippen LogP contribution is 2.23. The van der Waals surface area contributed by atoms with Crippen LogP contribution in [0.5, 0.6) is 0 Å². The zero-order valence-corrected chi connectivity index (χ0v) is 11.1. The summed E-state index contributed by atoms with van der Waals surface area (Å²) >= 11 is 5.89. The van der Waals surface area contributed by atoms with E-state index >= 15 is 0 Å². The summed E-state index contributed by atoms with van der Waals surface area (Å²) in [5.74, 6) is 0.754. The Balaban J connectivity index is 2.94. The highest BCUT2D eigenvalue weighted by Gasteiger charge is 2.20. The second kappa shape index (κ2) is 4.97. The lowest BCUT2D eigenvalue weighted by Crippen LogP contribution is -2.36. The molecule has 0 saturated heterocycles. The van der Waals surface area contributed by atoms with Crippen LogP contribution in [0.4, 0.5) is 5.82 Å². The van der Waals surface area contributed by atoms with E-state index in [-0.39, 0.29) is 5.54 Å². The summed E-state index contributed by atoms with van der Waals surface area (Å²) in [5, 5.41) is 11.7. The highest BCUT2D eigenvalue weighted by atomic mass is 35.5. The quantitative estimate of drug-likeness (QED) is 0.883. The molecular weight excluding hydrogens is 226 g/mol. The van der Waals surface area contributed by atoms with Crippen LogP contribution < -0.4 is 5.32 Å². The molecule has 1 N–H and O–H groups in total. The van der Waals surface area contributed by atoms with Crippen molar-refractivity contribution in [3.63, 3.8) is 0 Å². The van der Waals surface area contributed by atoms with Gasteiger partial charge in [-0.3, -0.25) is 0 Å². The third-order valence-corrected chi connectivity index (χ3v) is 2.79. The van der Waals surface area contributed by atoms with Crippen molar-refractivity contribution in [1.29, 1.82) is 0 Å². The molecule has 1 heterocycles. The lowest BCUT2D eigenvalue weighted by molar-refractivity contribution is 0.158. The topological polar surface area (TPSA) is 47.0 Å². The fraction of sp³-hybridized carbons (Fsp3) is 0.636. The summed E-state index contributed by atoms with van der Waals surface area (Å²) in [5.41, 5.74) is 1.78. The first-order valence-corrected chi connectivity index (χ1v) is 5.51. The fourth-order valence-corrected chi connectivity index (χ4v) is 1.59. The van der Waals surface area contributed by atoms with Crippen LogP contribution in [0.15, 0.2) is 0 Å². The second-order valence-electron chi connectivity index (χ2n) is 4.53. The van der Waals surface area contributed by atoms with Crippen LogP contribution in [-0.4, -0.2) is 29.5 Å². The monoisotopic (exact) mass is 243 g/mol. The van der Waals surface area contributed by atoms with E-state index in [0.29, 0.717) is 11.8 Å². The van der Waals surface area contributed by atoms with Crippen LogP contribution in [0, 0.1) is 13.8 Å². The molecule has 1 aromatic rings. The Morgan fingerprint density at radius 3 is 2.44 bits per heavy atom. The Morgan fingerprint density at radius 2 is 1.88 bits per heavy atom. The molecule has 0 aliphatic rings. The molecule has 1 rings (SSSR count). The van der Waals surface area contributed by atoms with Gasteiger partial charge in [0, 0.05) is 7.11 Å². The Morgan fingerprint density at radius 1 is 1.25 bits per heavy atom. The van der Waals surface area contributed by atoms with Gasteiger partial charge in [-0.15, -0.1) is 10.2 Å². The average Bonchev–Trinajstić information content (AvgIpc) is 2.19. The lowest BCUT2D eigenvalue weighted by atomic mass is 10.1. The average molecular weight is 244 g/mol. The Hall–Kier alpha value is -0.870. The van der Waals surface area contributed by atoms with Crippen LogP contribution in [0.1, 0.15) is 25.0 Å². The van der Waals surface area contributed by atoms with Gasteiger partial charge in [-0.25, -0.2) is 0 Å². The van der Waals surface area contributed by atoms with Gasteiger partial charge in [0.2, 0.25) is 0 Å². The van der Waals surface area contributed by atoms with E-state index in [0.717, 1.165) is 16.9 Å². The SMILES string of the molecule is COCC(C)(C)Nc1nnc(Cl)c(C)c1C. The van der Waals surface area contributed by atoms with E-state index < -0.39 is 0 Å². The lowest BCUT2D eigenvalue weighted by Gasteiger charge is -2.26. The van der Waals surface area contributed by atoms with E-state index in [2.05, 4.69) is 15.5 Å². The molecule has 0 fully saturated rings. The standard InChI is InChI=1S/C11H18ClN3O/c1-7-8(2)10(15-14-9(7)12)13-11(3,4)6-16-5/h6H2,1-5H3,(H,13,15). The number of methoxy groups -OCH3 is 1. The van der Waals surface area contributed by atoms with E-state index in [1.54, 1.807) is 7.11 Å². The van der Waals surface area contributed by atoms with Crippen LogP contribution in [0.25, 0.3) is 0 Å². The van der Waals surface area contributed by atoms with E-state index in [1.165, 1.54) is 0 Å². The molecule has 4 nitrogen and oxygen atoms in total. The molecule has 0 radical (unpaired) electrons. The number of nitrogens with one attached hydrogen (secondary N) is 1. The molecule has 0 aromatic carbocycles. The molecule has 0 aliphatic carbocycles. The number of anilines is 1. The minimum Gasteiger partial charge on any atom is -0.382 e. The van der Waals surface area contributed by atoms with Crippen molar-refractivity contribution >= 4 is 17.4 Å². The van der Waals surface area contributed by atoms with Crippen molar-refractivity contribution in [2.24, 2.45) is 0 Å². The summed E-state index contributed by atoms with van der Waals surface area (Å²) in [6.07, 6.45) is 0. The fourth-order valence-electron chi connectivity index (χ4n) is 1.41. The maximum absolute atomic E-state index is 5.89. The predicted octanol–water partition coefficient (Wildman–Crippen LogP) is 2.58. The number of ether oxygens (including phenoxy) is 1. The van der Waals surface area contributed by atoms with E-state index in [4.69, 9.17) is 16.3 Å². The Labute approximate surface area is 101 Å². The van der Waals surface area contributed by atoms with Crippen LogP contribution in [0.3, 0.4) is 0 Å². The van der Waals surface area contributed by atoms with Crippen molar-refractivity contribution in [3.05, 3.63) is 16.3 Å². The maximum Gasteiger partial charge on any atom is 0.155 e. The van der Waals surface area contributed by atoms with Crippen molar-refractivity contribution < 1.29 is 4.74 Å². The van der Waals surface area contributed by atoms with Gasteiger partial charge in [-0.05, 0) is 38.8 Å². The van der Waals surface area contributed by atoms with Gasteiger partial charge in [-0.1, -0.05) is 11.6 Å². The summed E-state index contributed by atoms with van der Waals surface area (Å²) in [7, 11) is 1.68.